The van der Waals surface area contributed by atoms with Gasteiger partial charge in [-0.25, -0.2) is 0 Å². The van der Waals surface area contributed by atoms with E-state index in [2.05, 4.69) is 30.1 Å². The standard InChI is InChI=1S/C12H16/c1-2-3-4-6-9-12-10-7-5-8-11-12/h4-7,12H,8-11H2,1H3/b6-4-. The van der Waals surface area contributed by atoms with Gasteiger partial charge in [0, 0.05) is 0 Å². The smallest absolute Gasteiger partial charge is 0.00235 e. The van der Waals surface area contributed by atoms with Gasteiger partial charge in [-0.15, -0.1) is 5.92 Å². The molecule has 0 amide bonds. The van der Waals surface area contributed by atoms with Crippen LogP contribution in [0.25, 0.3) is 0 Å². The van der Waals surface area contributed by atoms with Crippen molar-refractivity contribution in [2.24, 2.45) is 5.92 Å². The minimum atomic E-state index is 0.866. The highest BCUT2D eigenvalue weighted by molar-refractivity contribution is 5.13. The Kier molecular flexibility index (Phi) is 4.31. The maximum absolute atomic E-state index is 2.94. The number of hydrogen-bond acceptors (Lipinski definition) is 0. The van der Waals surface area contributed by atoms with Crippen molar-refractivity contribution < 1.29 is 0 Å². The molecule has 12 heavy (non-hydrogen) atoms. The highest BCUT2D eigenvalue weighted by Crippen LogP contribution is 2.21. The molecule has 1 aliphatic carbocycles. The summed E-state index contributed by atoms with van der Waals surface area (Å²) in [6.07, 6.45) is 13.8. The van der Waals surface area contributed by atoms with Gasteiger partial charge in [-0.3, -0.25) is 0 Å². The lowest BCUT2D eigenvalue weighted by Gasteiger charge is -2.14. The molecule has 1 aliphatic rings. The van der Waals surface area contributed by atoms with Gasteiger partial charge in [-0.05, 0) is 44.6 Å². The molecule has 0 heterocycles. The Morgan fingerprint density at radius 1 is 1.50 bits per heavy atom. The topological polar surface area (TPSA) is 0 Å². The third-order valence-electron chi connectivity index (χ3n) is 2.19. The fourth-order valence-electron chi connectivity index (χ4n) is 1.47. The SMILES string of the molecule is CC#C/C=C\CC1CC=CCC1. The van der Waals surface area contributed by atoms with Crippen LogP contribution in [-0.2, 0) is 0 Å². The molecule has 0 aromatic carbocycles. The summed E-state index contributed by atoms with van der Waals surface area (Å²) in [5, 5.41) is 0. The van der Waals surface area contributed by atoms with E-state index >= 15 is 0 Å². The van der Waals surface area contributed by atoms with Gasteiger partial charge in [0.2, 0.25) is 0 Å². The van der Waals surface area contributed by atoms with Gasteiger partial charge in [0.1, 0.15) is 0 Å². The van der Waals surface area contributed by atoms with Crippen LogP contribution in [0.4, 0.5) is 0 Å². The third-order valence-corrected chi connectivity index (χ3v) is 2.19. The highest BCUT2D eigenvalue weighted by Gasteiger charge is 2.06. The summed E-state index contributed by atoms with van der Waals surface area (Å²) >= 11 is 0. The Balaban J connectivity index is 2.21. The van der Waals surface area contributed by atoms with Gasteiger partial charge >= 0.3 is 0 Å². The fourth-order valence-corrected chi connectivity index (χ4v) is 1.47. The number of allylic oxidation sites excluding steroid dienone is 4. The molecule has 0 saturated carbocycles. The minimum Gasteiger partial charge on any atom is -0.102 e. The molecule has 64 valence electrons. The first-order chi connectivity index (χ1) is 5.93. The van der Waals surface area contributed by atoms with Crippen molar-refractivity contribution in [3.8, 4) is 11.8 Å². The molecule has 0 N–H and O–H groups in total. The summed E-state index contributed by atoms with van der Waals surface area (Å²) in [6, 6.07) is 0. The Morgan fingerprint density at radius 3 is 3.08 bits per heavy atom. The van der Waals surface area contributed by atoms with Crippen molar-refractivity contribution >= 4 is 0 Å². The second-order valence-corrected chi connectivity index (χ2v) is 3.18. The van der Waals surface area contributed by atoms with Crippen LogP contribution in [0.15, 0.2) is 24.3 Å². The van der Waals surface area contributed by atoms with E-state index in [1.807, 2.05) is 13.0 Å². The molecule has 0 aliphatic heterocycles. The molecule has 0 heteroatoms. The predicted octanol–water partition coefficient (Wildman–Crippen LogP) is 3.31. The Labute approximate surface area is 75.4 Å². The van der Waals surface area contributed by atoms with Gasteiger partial charge in [0.15, 0.2) is 0 Å². The van der Waals surface area contributed by atoms with E-state index in [9.17, 15) is 0 Å². The first kappa shape index (κ1) is 9.13. The molecule has 0 nitrogen and oxygen atoms in total. The molecule has 1 rings (SSSR count). The monoisotopic (exact) mass is 160 g/mol. The lowest BCUT2D eigenvalue weighted by Crippen LogP contribution is -2.00. The third kappa shape index (κ3) is 3.44. The molecule has 0 aromatic heterocycles. The van der Waals surface area contributed by atoms with Gasteiger partial charge < -0.3 is 0 Å². The van der Waals surface area contributed by atoms with Crippen LogP contribution in [0.5, 0.6) is 0 Å². The number of rotatable bonds is 2. The van der Waals surface area contributed by atoms with Crippen LogP contribution in [-0.4, -0.2) is 0 Å². The number of hydrogen-bond donors (Lipinski definition) is 0. The molecular weight excluding hydrogens is 144 g/mol. The molecule has 0 spiro atoms. The molecule has 1 atom stereocenters. The first-order valence-corrected chi connectivity index (χ1v) is 4.65. The van der Waals surface area contributed by atoms with E-state index in [0.717, 1.165) is 5.92 Å². The molecule has 1 unspecified atom stereocenters. The quantitative estimate of drug-likeness (QED) is 0.429. The zero-order valence-electron chi connectivity index (χ0n) is 7.72. The van der Waals surface area contributed by atoms with Crippen LogP contribution in [0.1, 0.15) is 32.6 Å². The van der Waals surface area contributed by atoms with E-state index in [0.29, 0.717) is 0 Å². The van der Waals surface area contributed by atoms with E-state index < -0.39 is 0 Å². The van der Waals surface area contributed by atoms with Gasteiger partial charge in [0.25, 0.3) is 0 Å². The highest BCUT2D eigenvalue weighted by atomic mass is 14.1. The minimum absolute atomic E-state index is 0.866. The summed E-state index contributed by atoms with van der Waals surface area (Å²) in [7, 11) is 0. The molecule has 0 saturated heterocycles. The van der Waals surface area contributed by atoms with Crippen molar-refractivity contribution in [3.63, 3.8) is 0 Å². The van der Waals surface area contributed by atoms with Crippen molar-refractivity contribution in [3.05, 3.63) is 24.3 Å². The summed E-state index contributed by atoms with van der Waals surface area (Å²) in [4.78, 5) is 0. The lowest BCUT2D eigenvalue weighted by molar-refractivity contribution is 0.486. The Bertz CT molecular complexity index is 222. The van der Waals surface area contributed by atoms with Crippen LogP contribution in [0, 0.1) is 17.8 Å². The zero-order chi connectivity index (χ0) is 8.65. The Morgan fingerprint density at radius 2 is 2.42 bits per heavy atom. The average Bonchev–Trinajstić information content (AvgIpc) is 2.14. The molecule has 0 bridgehead atoms. The fraction of sp³-hybridized carbons (Fsp3) is 0.500. The maximum Gasteiger partial charge on any atom is -0.00235 e. The lowest BCUT2D eigenvalue weighted by atomic mass is 9.91. The molecule has 0 radical (unpaired) electrons. The first-order valence-electron chi connectivity index (χ1n) is 4.65. The second-order valence-electron chi connectivity index (χ2n) is 3.18. The van der Waals surface area contributed by atoms with Gasteiger partial charge in [-0.2, -0.15) is 0 Å². The van der Waals surface area contributed by atoms with Crippen LogP contribution >= 0.6 is 0 Å². The summed E-state index contributed by atoms with van der Waals surface area (Å²) < 4.78 is 0. The zero-order valence-corrected chi connectivity index (χ0v) is 7.72. The normalized spacial score (nSPS) is 22.2. The summed E-state index contributed by atoms with van der Waals surface area (Å²) in [6.45, 7) is 1.87. The molecular formula is C12H16. The van der Waals surface area contributed by atoms with Gasteiger partial charge in [-0.1, -0.05) is 24.1 Å². The van der Waals surface area contributed by atoms with Crippen LogP contribution in [0.3, 0.4) is 0 Å². The maximum atomic E-state index is 2.94. The Hall–Kier alpha value is -0.960. The van der Waals surface area contributed by atoms with E-state index in [-0.39, 0.29) is 0 Å². The summed E-state index contributed by atoms with van der Waals surface area (Å²) in [5.74, 6) is 6.66. The van der Waals surface area contributed by atoms with Crippen LogP contribution < -0.4 is 0 Å². The van der Waals surface area contributed by atoms with Crippen molar-refractivity contribution in [1.82, 2.24) is 0 Å². The predicted molar refractivity (Wildman–Crippen MR) is 53.7 cm³/mol. The second kappa shape index (κ2) is 5.66. The molecule has 0 aromatic rings. The average molecular weight is 160 g/mol. The van der Waals surface area contributed by atoms with Crippen molar-refractivity contribution in [1.29, 1.82) is 0 Å². The van der Waals surface area contributed by atoms with Gasteiger partial charge in [0.05, 0.1) is 0 Å². The largest absolute Gasteiger partial charge is 0.102 e. The van der Waals surface area contributed by atoms with Crippen molar-refractivity contribution in [2.45, 2.75) is 32.6 Å². The summed E-state index contributed by atoms with van der Waals surface area (Å²) in [5.41, 5.74) is 0. The van der Waals surface area contributed by atoms with Crippen molar-refractivity contribution in [2.75, 3.05) is 0 Å². The van der Waals surface area contributed by atoms with E-state index in [1.54, 1.807) is 0 Å². The molecule has 0 fully saturated rings. The van der Waals surface area contributed by atoms with Crippen LogP contribution in [0.2, 0.25) is 0 Å². The van der Waals surface area contributed by atoms with E-state index in [1.165, 1.54) is 25.7 Å². The van der Waals surface area contributed by atoms with E-state index in [4.69, 9.17) is 0 Å².